The molecule has 1 aromatic rings. The first-order chi connectivity index (χ1) is 5.63. The van der Waals surface area contributed by atoms with Gasteiger partial charge in [-0.1, -0.05) is 6.58 Å². The topological polar surface area (TPSA) is 77.7 Å². The third-order valence-electron chi connectivity index (χ3n) is 1.09. The van der Waals surface area contributed by atoms with Gasteiger partial charge in [-0.15, -0.1) is 11.3 Å². The van der Waals surface area contributed by atoms with Crippen molar-refractivity contribution in [2.45, 2.75) is 0 Å². The maximum absolute atomic E-state index is 7.05. The second-order valence-electron chi connectivity index (χ2n) is 2.05. The summed E-state index contributed by atoms with van der Waals surface area (Å²) in [4.78, 5) is 3.57. The molecule has 6 heteroatoms. The fourth-order valence-corrected chi connectivity index (χ4v) is 1.68. The van der Waals surface area contributed by atoms with Crippen LogP contribution in [0, 0.1) is 9.36 Å². The minimum absolute atomic E-state index is 0.321. The van der Waals surface area contributed by atoms with E-state index in [2.05, 4.69) is 16.9 Å². The van der Waals surface area contributed by atoms with Crippen molar-refractivity contribution in [1.82, 2.24) is 4.98 Å². The van der Waals surface area contributed by atoms with Crippen LogP contribution in [0.1, 0.15) is 4.88 Å². The summed E-state index contributed by atoms with van der Waals surface area (Å²) in [5.41, 5.74) is 5.33. The van der Waals surface area contributed by atoms with Crippen LogP contribution in [0.4, 0.5) is 5.82 Å². The van der Waals surface area contributed by atoms with E-state index in [0.29, 0.717) is 20.5 Å². The fourth-order valence-electron chi connectivity index (χ4n) is 0.695. The normalized spacial score (nSPS) is 9.33. The lowest BCUT2D eigenvalue weighted by Gasteiger charge is -2.01. The van der Waals surface area contributed by atoms with E-state index in [1.165, 1.54) is 17.6 Å². The molecule has 5 N–H and O–H groups in total. The molecule has 0 saturated heterocycles. The highest BCUT2D eigenvalue weighted by Gasteiger charge is 2.02. The van der Waals surface area contributed by atoms with Gasteiger partial charge in [0.05, 0.1) is 10.7 Å². The Morgan fingerprint density at radius 3 is 3.00 bits per heavy atom. The first kappa shape index (κ1) is 8.95. The maximum Gasteiger partial charge on any atom is 0.160 e. The summed E-state index contributed by atoms with van der Waals surface area (Å²) in [6, 6.07) is 0. The Bertz CT molecular complexity index is 362. The molecule has 0 fully saturated rings. The number of aromatic nitrogens is 1. The van der Waals surface area contributed by atoms with Crippen molar-refractivity contribution in [2.75, 3.05) is 5.32 Å². The molecule has 1 aromatic heterocycles. The SMILES string of the molecule is C=C(N)Nc1[nH]c(=S)sc1C=N. The minimum Gasteiger partial charge on any atom is -0.386 e. The van der Waals surface area contributed by atoms with Gasteiger partial charge in [-0.2, -0.15) is 0 Å². The van der Waals surface area contributed by atoms with Crippen LogP contribution in [0.3, 0.4) is 0 Å². The molecule has 0 bridgehead atoms. The predicted molar refractivity (Wildman–Crippen MR) is 54.3 cm³/mol. The molecule has 12 heavy (non-hydrogen) atoms. The average molecular weight is 200 g/mol. The van der Waals surface area contributed by atoms with E-state index in [4.69, 9.17) is 23.4 Å². The van der Waals surface area contributed by atoms with E-state index in [1.54, 1.807) is 0 Å². The zero-order valence-corrected chi connectivity index (χ0v) is 7.81. The van der Waals surface area contributed by atoms with Gasteiger partial charge in [0.15, 0.2) is 3.95 Å². The number of rotatable bonds is 3. The van der Waals surface area contributed by atoms with Crippen LogP contribution in [-0.2, 0) is 0 Å². The molecule has 1 heterocycles. The molecule has 4 nitrogen and oxygen atoms in total. The van der Waals surface area contributed by atoms with E-state index in [9.17, 15) is 0 Å². The Labute approximate surface area is 78.6 Å². The van der Waals surface area contributed by atoms with Crippen LogP contribution in [0.2, 0.25) is 0 Å². The van der Waals surface area contributed by atoms with Gasteiger partial charge in [-0.3, -0.25) is 0 Å². The van der Waals surface area contributed by atoms with Gasteiger partial charge in [0, 0.05) is 6.21 Å². The van der Waals surface area contributed by atoms with Crippen molar-refractivity contribution < 1.29 is 0 Å². The predicted octanol–water partition coefficient (Wildman–Crippen LogP) is 1.65. The molecule has 0 atom stereocenters. The lowest BCUT2D eigenvalue weighted by atomic mass is 10.5. The summed E-state index contributed by atoms with van der Waals surface area (Å²) in [6.45, 7) is 3.48. The number of nitrogens with one attached hydrogen (secondary N) is 3. The van der Waals surface area contributed by atoms with Crippen molar-refractivity contribution >= 4 is 35.6 Å². The summed E-state index contributed by atoms with van der Waals surface area (Å²) in [6.07, 6.45) is 1.21. The smallest absolute Gasteiger partial charge is 0.160 e. The van der Waals surface area contributed by atoms with Gasteiger partial charge in [-0.25, -0.2) is 0 Å². The second-order valence-corrected chi connectivity index (χ2v) is 3.77. The number of hydrogen-bond donors (Lipinski definition) is 4. The first-order valence-electron chi connectivity index (χ1n) is 3.08. The van der Waals surface area contributed by atoms with Crippen molar-refractivity contribution in [3.63, 3.8) is 0 Å². The van der Waals surface area contributed by atoms with Crippen molar-refractivity contribution in [3.8, 4) is 0 Å². The quantitative estimate of drug-likeness (QED) is 0.442. The molecule has 0 saturated carbocycles. The van der Waals surface area contributed by atoms with E-state index >= 15 is 0 Å². The highest BCUT2D eigenvalue weighted by Crippen LogP contribution is 2.18. The first-order valence-corrected chi connectivity index (χ1v) is 4.31. The molecule has 1 rings (SSSR count). The minimum atomic E-state index is 0.321. The van der Waals surface area contributed by atoms with Gasteiger partial charge in [0.25, 0.3) is 0 Å². The van der Waals surface area contributed by atoms with E-state index in [-0.39, 0.29) is 0 Å². The molecule has 0 amide bonds. The monoisotopic (exact) mass is 200 g/mol. The second kappa shape index (κ2) is 3.51. The van der Waals surface area contributed by atoms with Gasteiger partial charge >= 0.3 is 0 Å². The highest BCUT2D eigenvalue weighted by atomic mass is 32.1. The molecule has 64 valence electrons. The Balaban J connectivity index is 3.04. The molecule has 0 aliphatic rings. The number of thiazole rings is 1. The van der Waals surface area contributed by atoms with E-state index < -0.39 is 0 Å². The summed E-state index contributed by atoms with van der Waals surface area (Å²) < 4.78 is 0.609. The van der Waals surface area contributed by atoms with Crippen LogP contribution in [0.15, 0.2) is 12.4 Å². The van der Waals surface area contributed by atoms with Crippen LogP contribution in [0.25, 0.3) is 0 Å². The van der Waals surface area contributed by atoms with Crippen LogP contribution in [0.5, 0.6) is 0 Å². The Hall–Kier alpha value is -1.14. The number of nitrogens with two attached hydrogens (primary N) is 1. The molecular weight excluding hydrogens is 192 g/mol. The Morgan fingerprint density at radius 2 is 2.50 bits per heavy atom. The number of anilines is 1. The molecule has 0 aromatic carbocycles. The van der Waals surface area contributed by atoms with Gasteiger partial charge in [0.2, 0.25) is 0 Å². The Kier molecular flexibility index (Phi) is 2.61. The third kappa shape index (κ3) is 1.93. The molecule has 0 spiro atoms. The summed E-state index contributed by atoms with van der Waals surface area (Å²) in [5, 5.41) is 9.82. The maximum atomic E-state index is 7.05. The standard InChI is InChI=1S/C6H8N4S2/c1-3(8)9-5-4(2-7)12-6(11)10-5/h2,7,9H,1,8H2,(H,10,11). The lowest BCUT2D eigenvalue weighted by Crippen LogP contribution is -2.08. The molecule has 0 radical (unpaired) electrons. The van der Waals surface area contributed by atoms with Gasteiger partial charge in [0.1, 0.15) is 5.82 Å². The molecule has 0 aliphatic heterocycles. The number of aromatic amines is 1. The number of hydrogen-bond acceptors (Lipinski definition) is 5. The molecular formula is C6H8N4S2. The summed E-state index contributed by atoms with van der Waals surface area (Å²) in [7, 11) is 0. The molecule has 0 aliphatic carbocycles. The van der Waals surface area contributed by atoms with Gasteiger partial charge < -0.3 is 21.4 Å². The largest absolute Gasteiger partial charge is 0.386 e. The van der Waals surface area contributed by atoms with Gasteiger partial charge in [-0.05, 0) is 12.2 Å². The highest BCUT2D eigenvalue weighted by molar-refractivity contribution is 7.73. The zero-order chi connectivity index (χ0) is 9.14. The average Bonchev–Trinajstić information content (AvgIpc) is 2.29. The lowest BCUT2D eigenvalue weighted by molar-refractivity contribution is 1.26. The van der Waals surface area contributed by atoms with Crippen molar-refractivity contribution in [2.24, 2.45) is 5.73 Å². The van der Waals surface area contributed by atoms with Crippen LogP contribution >= 0.6 is 23.6 Å². The fraction of sp³-hybridized carbons (Fsp3) is 0. The van der Waals surface area contributed by atoms with Crippen molar-refractivity contribution in [1.29, 1.82) is 5.41 Å². The molecule has 0 unspecified atom stereocenters. The van der Waals surface area contributed by atoms with Crippen LogP contribution < -0.4 is 11.1 Å². The summed E-state index contributed by atoms with van der Waals surface area (Å²) in [5.74, 6) is 0.953. The Morgan fingerprint density at radius 1 is 1.83 bits per heavy atom. The summed E-state index contributed by atoms with van der Waals surface area (Å²) >= 11 is 6.20. The van der Waals surface area contributed by atoms with Crippen LogP contribution in [-0.4, -0.2) is 11.2 Å². The number of H-pyrrole nitrogens is 1. The van der Waals surface area contributed by atoms with Crippen molar-refractivity contribution in [3.05, 3.63) is 21.2 Å². The van der Waals surface area contributed by atoms with E-state index in [1.807, 2.05) is 0 Å². The van der Waals surface area contributed by atoms with E-state index in [0.717, 1.165) is 0 Å². The third-order valence-corrected chi connectivity index (χ3v) is 2.27. The zero-order valence-electron chi connectivity index (χ0n) is 6.18.